The fourth-order valence-corrected chi connectivity index (χ4v) is 2.49. The molecule has 2 heterocycles. The van der Waals surface area contributed by atoms with E-state index in [1.165, 1.54) is 12.3 Å². The van der Waals surface area contributed by atoms with Gasteiger partial charge in [0.1, 0.15) is 12.8 Å². The Balaban J connectivity index is 1.94. The Labute approximate surface area is 136 Å². The zero-order chi connectivity index (χ0) is 16.4. The summed E-state index contributed by atoms with van der Waals surface area (Å²) in [6.07, 6.45) is 1.34. The van der Waals surface area contributed by atoms with Crippen molar-refractivity contribution in [2.24, 2.45) is 0 Å². The third-order valence-corrected chi connectivity index (χ3v) is 3.94. The predicted molar refractivity (Wildman–Crippen MR) is 86.7 cm³/mol. The third kappa shape index (κ3) is 2.93. The molecule has 0 saturated carbocycles. The van der Waals surface area contributed by atoms with Crippen LogP contribution in [0.2, 0.25) is 5.02 Å². The van der Waals surface area contributed by atoms with Crippen molar-refractivity contribution in [2.75, 3.05) is 0 Å². The van der Waals surface area contributed by atoms with Crippen molar-refractivity contribution in [3.63, 3.8) is 0 Å². The average Bonchev–Trinajstić information content (AvgIpc) is 2.57. The second-order valence-electron chi connectivity index (χ2n) is 4.89. The van der Waals surface area contributed by atoms with Gasteiger partial charge in [-0.15, -0.1) is 0 Å². The monoisotopic (exact) mass is 329 g/mol. The van der Waals surface area contributed by atoms with E-state index in [0.29, 0.717) is 10.7 Å². The molecule has 0 atom stereocenters. The molecule has 0 unspecified atom stereocenters. The molecule has 0 bridgehead atoms. The second kappa shape index (κ2) is 6.18. The van der Waals surface area contributed by atoms with Crippen LogP contribution in [0.25, 0.3) is 10.9 Å². The van der Waals surface area contributed by atoms with Crippen LogP contribution in [0.5, 0.6) is 5.75 Å². The van der Waals surface area contributed by atoms with Crippen LogP contribution in [0, 0.1) is 17.0 Å². The molecule has 0 amide bonds. The molecule has 7 heteroatoms. The van der Waals surface area contributed by atoms with Gasteiger partial charge >= 0.3 is 5.82 Å². The summed E-state index contributed by atoms with van der Waals surface area (Å²) < 4.78 is 5.52. The normalized spacial score (nSPS) is 10.7. The maximum atomic E-state index is 11.0. The Bertz CT molecular complexity index is 899. The van der Waals surface area contributed by atoms with Crippen molar-refractivity contribution in [1.29, 1.82) is 0 Å². The molecule has 116 valence electrons. The summed E-state index contributed by atoms with van der Waals surface area (Å²) >= 11 is 6.35. The number of benzene rings is 1. The van der Waals surface area contributed by atoms with E-state index in [1.807, 2.05) is 31.2 Å². The van der Waals surface area contributed by atoms with Gasteiger partial charge < -0.3 is 14.9 Å². The molecule has 3 rings (SSSR count). The number of nitrogens with zero attached hydrogens (tertiary/aromatic N) is 3. The Kier molecular flexibility index (Phi) is 4.08. The summed E-state index contributed by atoms with van der Waals surface area (Å²) in [5.41, 5.74) is 2.23. The lowest BCUT2D eigenvalue weighted by Gasteiger charge is -2.11. The van der Waals surface area contributed by atoms with Gasteiger partial charge in [0.15, 0.2) is 0 Å². The van der Waals surface area contributed by atoms with Crippen molar-refractivity contribution < 1.29 is 9.66 Å². The van der Waals surface area contributed by atoms with E-state index in [4.69, 9.17) is 16.3 Å². The van der Waals surface area contributed by atoms with Crippen LogP contribution in [0.3, 0.4) is 0 Å². The van der Waals surface area contributed by atoms with E-state index in [-0.39, 0.29) is 18.2 Å². The number of halogens is 1. The molecular formula is C16H12ClN3O3. The summed E-state index contributed by atoms with van der Waals surface area (Å²) in [5.74, 6) is -0.248. The average molecular weight is 330 g/mol. The topological polar surface area (TPSA) is 78.2 Å². The molecule has 2 aromatic heterocycles. The number of para-hydroxylation sites is 1. The molecule has 0 aliphatic carbocycles. The maximum absolute atomic E-state index is 11.0. The minimum Gasteiger partial charge on any atom is -0.479 e. The van der Waals surface area contributed by atoms with E-state index in [1.54, 1.807) is 6.07 Å². The van der Waals surface area contributed by atoms with Gasteiger partial charge in [-0.2, -0.15) is 0 Å². The number of ether oxygens (including phenoxy) is 1. The standard InChI is InChI=1S/C16H12ClN3O3/c1-10-11-5-2-3-6-12(11)19-13(15(10)17)9-23-14-7-4-8-18-16(14)20(21)22/h2-8H,9H2,1H3. The number of hydrogen-bond donors (Lipinski definition) is 0. The molecule has 1 aromatic carbocycles. The van der Waals surface area contributed by atoms with Crippen LogP contribution in [0.15, 0.2) is 42.6 Å². The van der Waals surface area contributed by atoms with Crippen LogP contribution >= 0.6 is 11.6 Å². The first kappa shape index (κ1) is 15.2. The number of aromatic nitrogens is 2. The molecule has 0 N–H and O–H groups in total. The predicted octanol–water partition coefficient (Wildman–Crippen LogP) is 4.08. The van der Waals surface area contributed by atoms with Crippen molar-refractivity contribution in [3.05, 3.63) is 69.0 Å². The molecule has 0 spiro atoms. The highest BCUT2D eigenvalue weighted by Crippen LogP contribution is 2.29. The van der Waals surface area contributed by atoms with Gasteiger partial charge in [0.2, 0.25) is 5.75 Å². The quantitative estimate of drug-likeness (QED) is 0.532. The minimum absolute atomic E-state index is 0.0248. The zero-order valence-corrected chi connectivity index (χ0v) is 12.9. The van der Waals surface area contributed by atoms with Gasteiger partial charge in [0, 0.05) is 5.39 Å². The van der Waals surface area contributed by atoms with Crippen LogP contribution in [0.1, 0.15) is 11.3 Å². The Hall–Kier alpha value is -2.73. The minimum atomic E-state index is -0.587. The highest BCUT2D eigenvalue weighted by molar-refractivity contribution is 6.32. The summed E-state index contributed by atoms with van der Waals surface area (Å²) in [5, 5.41) is 12.4. The molecule has 3 aromatic rings. The SMILES string of the molecule is Cc1c(Cl)c(COc2cccnc2[N+](=O)[O-])nc2ccccc12. The van der Waals surface area contributed by atoms with E-state index in [2.05, 4.69) is 9.97 Å². The zero-order valence-electron chi connectivity index (χ0n) is 12.2. The largest absolute Gasteiger partial charge is 0.479 e. The lowest BCUT2D eigenvalue weighted by molar-refractivity contribution is -0.390. The first-order valence-corrected chi connectivity index (χ1v) is 7.21. The van der Waals surface area contributed by atoms with Crippen LogP contribution in [-0.4, -0.2) is 14.9 Å². The number of aryl methyl sites for hydroxylation is 1. The number of rotatable bonds is 4. The second-order valence-corrected chi connectivity index (χ2v) is 5.26. The van der Waals surface area contributed by atoms with Gasteiger partial charge in [0.25, 0.3) is 0 Å². The number of fused-ring (bicyclic) bond motifs is 1. The van der Waals surface area contributed by atoms with Crippen LogP contribution < -0.4 is 4.74 Å². The van der Waals surface area contributed by atoms with Crippen molar-refractivity contribution in [1.82, 2.24) is 9.97 Å². The number of pyridine rings is 2. The first-order chi connectivity index (χ1) is 11.1. The Morgan fingerprint density at radius 3 is 2.83 bits per heavy atom. The molecule has 0 aliphatic rings. The van der Waals surface area contributed by atoms with Crippen molar-refractivity contribution >= 4 is 28.3 Å². The van der Waals surface area contributed by atoms with Gasteiger partial charge in [-0.3, -0.25) is 0 Å². The van der Waals surface area contributed by atoms with E-state index in [9.17, 15) is 10.1 Å². The number of hydrogen-bond acceptors (Lipinski definition) is 5. The molecule has 0 radical (unpaired) electrons. The maximum Gasteiger partial charge on any atom is 0.406 e. The van der Waals surface area contributed by atoms with Gasteiger partial charge in [-0.1, -0.05) is 29.8 Å². The van der Waals surface area contributed by atoms with Crippen LogP contribution in [0.4, 0.5) is 5.82 Å². The molecule has 23 heavy (non-hydrogen) atoms. The van der Waals surface area contributed by atoms with Crippen molar-refractivity contribution in [3.8, 4) is 5.75 Å². The van der Waals surface area contributed by atoms with E-state index < -0.39 is 4.92 Å². The highest BCUT2D eigenvalue weighted by atomic mass is 35.5. The van der Waals surface area contributed by atoms with E-state index >= 15 is 0 Å². The first-order valence-electron chi connectivity index (χ1n) is 6.84. The summed E-state index contributed by atoms with van der Waals surface area (Å²) in [7, 11) is 0. The third-order valence-electron chi connectivity index (χ3n) is 3.43. The van der Waals surface area contributed by atoms with E-state index in [0.717, 1.165) is 16.5 Å². The Morgan fingerprint density at radius 1 is 1.26 bits per heavy atom. The summed E-state index contributed by atoms with van der Waals surface area (Å²) in [6.45, 7) is 1.93. The molecule has 0 fully saturated rings. The molecule has 6 nitrogen and oxygen atoms in total. The smallest absolute Gasteiger partial charge is 0.406 e. The van der Waals surface area contributed by atoms with Crippen LogP contribution in [-0.2, 0) is 6.61 Å². The van der Waals surface area contributed by atoms with Crippen molar-refractivity contribution in [2.45, 2.75) is 13.5 Å². The lowest BCUT2D eigenvalue weighted by atomic mass is 10.1. The fourth-order valence-electron chi connectivity index (χ4n) is 2.29. The molecule has 0 aliphatic heterocycles. The highest BCUT2D eigenvalue weighted by Gasteiger charge is 2.17. The van der Waals surface area contributed by atoms with Gasteiger partial charge in [-0.25, -0.2) is 4.98 Å². The summed E-state index contributed by atoms with van der Waals surface area (Å²) in [4.78, 5) is 18.5. The number of nitro groups is 1. The van der Waals surface area contributed by atoms with Gasteiger partial charge in [0.05, 0.1) is 16.2 Å². The Morgan fingerprint density at radius 2 is 2.04 bits per heavy atom. The summed E-state index contributed by atoms with van der Waals surface area (Å²) in [6, 6.07) is 10.7. The molecule has 0 saturated heterocycles. The lowest BCUT2D eigenvalue weighted by Crippen LogP contribution is -2.04. The molecular weight excluding hydrogens is 318 g/mol. The fraction of sp³-hybridized carbons (Fsp3) is 0.125. The van der Waals surface area contributed by atoms with Gasteiger partial charge in [-0.05, 0) is 40.6 Å².